The van der Waals surface area contributed by atoms with E-state index in [2.05, 4.69) is 10.2 Å². The zero-order valence-corrected chi connectivity index (χ0v) is 11.7. The monoisotopic (exact) mass is 305 g/mol. The van der Waals surface area contributed by atoms with Crippen LogP contribution in [-0.4, -0.2) is 33.1 Å². The molecule has 0 aliphatic carbocycles. The van der Waals surface area contributed by atoms with Gasteiger partial charge in [0.15, 0.2) is 5.75 Å². The summed E-state index contributed by atoms with van der Waals surface area (Å²) >= 11 is 0. The number of phenols is 1. The van der Waals surface area contributed by atoms with E-state index in [0.29, 0.717) is 16.6 Å². The average molecular weight is 305 g/mol. The standard InChI is InChI=1S/C13H11N3O4S/c1-8-6-11(13(17)12(7-8)21(18,19)20)16-14-9-4-2-3-5-10(9)15-16/h2-7,17H,1H3,(H,18,19,20). The molecule has 0 spiro atoms. The molecule has 1 heterocycles. The first-order valence-corrected chi connectivity index (χ1v) is 7.44. The van der Waals surface area contributed by atoms with Gasteiger partial charge < -0.3 is 5.11 Å². The molecule has 0 atom stereocenters. The second-order valence-corrected chi connectivity index (χ2v) is 5.97. The van der Waals surface area contributed by atoms with Gasteiger partial charge in [0, 0.05) is 0 Å². The summed E-state index contributed by atoms with van der Waals surface area (Å²) in [5, 5.41) is 18.4. The SMILES string of the molecule is Cc1cc(-n2nc3ccccc3n2)c(O)c(S(=O)(=O)O)c1. The second-order valence-electron chi connectivity index (χ2n) is 4.58. The van der Waals surface area contributed by atoms with E-state index in [1.54, 1.807) is 31.2 Å². The summed E-state index contributed by atoms with van der Waals surface area (Å²) in [6, 6.07) is 9.78. The molecule has 0 saturated heterocycles. The molecule has 1 aromatic heterocycles. The van der Waals surface area contributed by atoms with Gasteiger partial charge in [-0.05, 0) is 36.8 Å². The average Bonchev–Trinajstić information content (AvgIpc) is 2.83. The van der Waals surface area contributed by atoms with Crippen molar-refractivity contribution in [2.45, 2.75) is 11.8 Å². The Kier molecular flexibility index (Phi) is 2.92. The van der Waals surface area contributed by atoms with Gasteiger partial charge in [0.2, 0.25) is 0 Å². The van der Waals surface area contributed by atoms with Gasteiger partial charge in [-0.25, -0.2) is 0 Å². The minimum Gasteiger partial charge on any atom is -0.504 e. The van der Waals surface area contributed by atoms with E-state index in [4.69, 9.17) is 4.55 Å². The molecule has 0 radical (unpaired) electrons. The molecule has 108 valence electrons. The molecule has 0 unspecified atom stereocenters. The summed E-state index contributed by atoms with van der Waals surface area (Å²) < 4.78 is 31.8. The molecule has 2 N–H and O–H groups in total. The van der Waals surface area contributed by atoms with Gasteiger partial charge in [0.05, 0.1) is 0 Å². The van der Waals surface area contributed by atoms with Gasteiger partial charge in [-0.3, -0.25) is 4.55 Å². The largest absolute Gasteiger partial charge is 0.504 e. The van der Waals surface area contributed by atoms with E-state index in [0.717, 1.165) is 4.80 Å². The number of rotatable bonds is 2. The third-order valence-corrected chi connectivity index (χ3v) is 3.85. The van der Waals surface area contributed by atoms with Crippen LogP contribution in [0.5, 0.6) is 5.75 Å². The quantitative estimate of drug-likeness (QED) is 0.698. The number of hydrogen-bond acceptors (Lipinski definition) is 5. The van der Waals surface area contributed by atoms with Crippen molar-refractivity contribution < 1.29 is 18.1 Å². The lowest BCUT2D eigenvalue weighted by molar-refractivity contribution is 0.438. The summed E-state index contributed by atoms with van der Waals surface area (Å²) in [6.45, 7) is 1.64. The highest BCUT2D eigenvalue weighted by Crippen LogP contribution is 2.31. The predicted molar refractivity (Wildman–Crippen MR) is 75.1 cm³/mol. The maximum absolute atomic E-state index is 11.3. The topological polar surface area (TPSA) is 105 Å². The van der Waals surface area contributed by atoms with Gasteiger partial charge in [-0.2, -0.15) is 8.42 Å². The van der Waals surface area contributed by atoms with Crippen molar-refractivity contribution in [3.63, 3.8) is 0 Å². The van der Waals surface area contributed by atoms with Crippen molar-refractivity contribution in [1.29, 1.82) is 0 Å². The zero-order chi connectivity index (χ0) is 15.2. The summed E-state index contributed by atoms with van der Waals surface area (Å²) in [4.78, 5) is 0.570. The first-order valence-electron chi connectivity index (χ1n) is 6.00. The van der Waals surface area contributed by atoms with Crippen molar-refractivity contribution in [3.8, 4) is 11.4 Å². The molecule has 0 amide bonds. The van der Waals surface area contributed by atoms with E-state index in [1.165, 1.54) is 12.1 Å². The van der Waals surface area contributed by atoms with E-state index in [9.17, 15) is 13.5 Å². The lowest BCUT2D eigenvalue weighted by Crippen LogP contribution is -2.05. The minimum absolute atomic E-state index is 0.0822. The number of hydrogen-bond donors (Lipinski definition) is 2. The summed E-state index contributed by atoms with van der Waals surface area (Å²) in [6.07, 6.45) is 0. The number of aromatic hydroxyl groups is 1. The number of phenolic OH excluding ortho intramolecular Hbond substituents is 1. The van der Waals surface area contributed by atoms with E-state index >= 15 is 0 Å². The zero-order valence-electron chi connectivity index (χ0n) is 10.9. The third-order valence-electron chi connectivity index (χ3n) is 2.98. The molecule has 2 aromatic carbocycles. The van der Waals surface area contributed by atoms with Crippen LogP contribution in [0.15, 0.2) is 41.3 Å². The fourth-order valence-electron chi connectivity index (χ4n) is 2.04. The predicted octanol–water partition coefficient (Wildman–Crippen LogP) is 1.68. The number of benzene rings is 2. The number of aromatic nitrogens is 3. The minimum atomic E-state index is -4.54. The van der Waals surface area contributed by atoms with Crippen LogP contribution in [0.2, 0.25) is 0 Å². The maximum atomic E-state index is 11.3. The van der Waals surface area contributed by atoms with Crippen LogP contribution in [0.4, 0.5) is 0 Å². The van der Waals surface area contributed by atoms with Crippen molar-refractivity contribution in [3.05, 3.63) is 42.0 Å². The highest BCUT2D eigenvalue weighted by atomic mass is 32.2. The van der Waals surface area contributed by atoms with Crippen molar-refractivity contribution in [1.82, 2.24) is 15.0 Å². The molecular weight excluding hydrogens is 294 g/mol. The van der Waals surface area contributed by atoms with Crippen LogP contribution in [0.25, 0.3) is 16.7 Å². The van der Waals surface area contributed by atoms with E-state index < -0.39 is 20.8 Å². The van der Waals surface area contributed by atoms with Gasteiger partial charge in [0.1, 0.15) is 21.6 Å². The Balaban J connectivity index is 2.29. The Morgan fingerprint density at radius 1 is 1.10 bits per heavy atom. The smallest absolute Gasteiger partial charge is 0.298 e. The molecule has 8 heteroatoms. The summed E-state index contributed by atoms with van der Waals surface area (Å²) in [5.74, 6) is -0.594. The molecule has 0 aliphatic rings. The Hall–Kier alpha value is -2.45. The van der Waals surface area contributed by atoms with Crippen molar-refractivity contribution >= 4 is 21.2 Å². The van der Waals surface area contributed by atoms with Crippen LogP contribution >= 0.6 is 0 Å². The molecule has 0 bridgehead atoms. The number of aryl methyl sites for hydroxylation is 1. The Labute approximate surface area is 120 Å². The summed E-state index contributed by atoms with van der Waals surface area (Å²) in [7, 11) is -4.54. The first kappa shape index (κ1) is 13.5. The van der Waals surface area contributed by atoms with Crippen LogP contribution in [0, 0.1) is 6.92 Å². The van der Waals surface area contributed by atoms with E-state index in [-0.39, 0.29) is 5.69 Å². The molecular formula is C13H11N3O4S. The van der Waals surface area contributed by atoms with Gasteiger partial charge in [-0.15, -0.1) is 15.0 Å². The second kappa shape index (κ2) is 4.54. The van der Waals surface area contributed by atoms with Crippen LogP contribution in [0.1, 0.15) is 5.56 Å². The highest BCUT2D eigenvalue weighted by Gasteiger charge is 2.21. The fourth-order valence-corrected chi connectivity index (χ4v) is 2.73. The normalized spacial score (nSPS) is 11.9. The Morgan fingerprint density at radius 3 is 2.19 bits per heavy atom. The lowest BCUT2D eigenvalue weighted by Gasteiger charge is -2.08. The fraction of sp³-hybridized carbons (Fsp3) is 0.0769. The van der Waals surface area contributed by atoms with Crippen LogP contribution in [0.3, 0.4) is 0 Å². The lowest BCUT2D eigenvalue weighted by atomic mass is 10.2. The Morgan fingerprint density at radius 2 is 1.67 bits per heavy atom. The van der Waals surface area contributed by atoms with Crippen molar-refractivity contribution in [2.75, 3.05) is 0 Å². The molecule has 3 rings (SSSR count). The molecule has 21 heavy (non-hydrogen) atoms. The summed E-state index contributed by atoms with van der Waals surface area (Å²) in [5.41, 5.74) is 1.83. The van der Waals surface area contributed by atoms with Gasteiger partial charge >= 0.3 is 0 Å². The molecule has 0 saturated carbocycles. The number of nitrogens with zero attached hydrogens (tertiary/aromatic N) is 3. The van der Waals surface area contributed by atoms with Crippen LogP contribution < -0.4 is 0 Å². The highest BCUT2D eigenvalue weighted by molar-refractivity contribution is 7.86. The van der Waals surface area contributed by atoms with Gasteiger partial charge in [-0.1, -0.05) is 12.1 Å². The maximum Gasteiger partial charge on any atom is 0.298 e. The molecule has 0 fully saturated rings. The molecule has 7 nitrogen and oxygen atoms in total. The van der Waals surface area contributed by atoms with Crippen molar-refractivity contribution in [2.24, 2.45) is 0 Å². The molecule has 3 aromatic rings. The number of fused-ring (bicyclic) bond motifs is 1. The Bertz CT molecular complexity index is 914. The molecule has 0 aliphatic heterocycles. The van der Waals surface area contributed by atoms with Crippen LogP contribution in [-0.2, 0) is 10.1 Å². The van der Waals surface area contributed by atoms with E-state index in [1.807, 2.05) is 0 Å². The van der Waals surface area contributed by atoms with Gasteiger partial charge in [0.25, 0.3) is 10.1 Å². The third kappa shape index (κ3) is 2.34. The first-order chi connectivity index (χ1) is 9.86.